The minimum atomic E-state index is -0.399. The highest BCUT2D eigenvalue weighted by Crippen LogP contribution is 2.27. The smallest absolute Gasteiger partial charge is 0.287 e. The van der Waals surface area contributed by atoms with Crippen LogP contribution in [0.2, 0.25) is 5.02 Å². The number of thiol groups is 1. The van der Waals surface area contributed by atoms with E-state index in [0.717, 1.165) is 24.2 Å². The van der Waals surface area contributed by atoms with Gasteiger partial charge in [-0.05, 0) is 57.6 Å². The van der Waals surface area contributed by atoms with Crippen LogP contribution in [0.1, 0.15) is 38.3 Å². The van der Waals surface area contributed by atoms with Crippen LogP contribution in [-0.4, -0.2) is 17.5 Å². The van der Waals surface area contributed by atoms with Gasteiger partial charge in [-0.3, -0.25) is 4.79 Å². The van der Waals surface area contributed by atoms with Gasteiger partial charge in [-0.25, -0.2) is 4.68 Å². The summed E-state index contributed by atoms with van der Waals surface area (Å²) in [4.78, 5) is 13.1. The first-order chi connectivity index (χ1) is 12.3. The quantitative estimate of drug-likeness (QED) is 0.301. The van der Waals surface area contributed by atoms with Crippen molar-refractivity contribution in [2.45, 2.75) is 49.8 Å². The summed E-state index contributed by atoms with van der Waals surface area (Å²) in [6, 6.07) is 8.36. The average Bonchev–Trinajstić information content (AvgIpc) is 2.60. The lowest BCUT2D eigenvalue weighted by Gasteiger charge is -2.21. The molecule has 1 aromatic carbocycles. The van der Waals surface area contributed by atoms with Crippen molar-refractivity contribution in [2.75, 3.05) is 6.61 Å². The van der Waals surface area contributed by atoms with Gasteiger partial charge < -0.3 is 4.18 Å². The molecular weight excluding hydrogens is 376 g/mol. The van der Waals surface area contributed by atoms with E-state index in [0.29, 0.717) is 24.3 Å². The molecule has 25 heavy (non-hydrogen) atoms. The standard InChI is InChI=1S/C18H23ClN2O2S2/c1-18(2,3)21-17(22)16(19)15(11-20-21)25-12-14-8-6-13(7-9-14)5-4-10-23-24/h6-9,11,24H,4-5,10,12H2,1-3H3/i/hT. The fraction of sp³-hybridized carbons (Fsp3) is 0.444. The molecule has 0 aliphatic carbocycles. The van der Waals surface area contributed by atoms with Gasteiger partial charge in [0.25, 0.3) is 5.56 Å². The average molecular weight is 401 g/mol. The molecule has 0 fully saturated rings. The van der Waals surface area contributed by atoms with Crippen molar-refractivity contribution in [3.63, 3.8) is 0 Å². The second kappa shape index (κ2) is 9.12. The van der Waals surface area contributed by atoms with E-state index in [4.69, 9.17) is 16.9 Å². The molecule has 136 valence electrons. The van der Waals surface area contributed by atoms with E-state index < -0.39 is 5.54 Å². The zero-order valence-corrected chi connectivity index (χ0v) is 17.0. The Morgan fingerprint density at radius 3 is 2.64 bits per heavy atom. The molecule has 0 radical (unpaired) electrons. The molecule has 0 saturated carbocycles. The Morgan fingerprint density at radius 1 is 1.32 bits per heavy atom. The molecule has 4 nitrogen and oxygen atoms in total. The Labute approximate surface area is 164 Å². The topological polar surface area (TPSA) is 44.1 Å². The van der Waals surface area contributed by atoms with Gasteiger partial charge in [-0.1, -0.05) is 35.9 Å². The maximum Gasteiger partial charge on any atom is 0.287 e. The summed E-state index contributed by atoms with van der Waals surface area (Å²) in [5, 5.41) is 4.48. The minimum Gasteiger partial charge on any atom is -0.318 e. The normalized spacial score (nSPS) is 12.2. The molecule has 7 heteroatoms. The third-order valence-corrected chi connectivity index (χ3v) is 5.37. The Hall–Kier alpha value is -0.950. The minimum absolute atomic E-state index is 0.226. The molecule has 1 heterocycles. The summed E-state index contributed by atoms with van der Waals surface area (Å²) in [5.41, 5.74) is 1.75. The lowest BCUT2D eigenvalue weighted by atomic mass is 10.1. The molecule has 1 aromatic heterocycles. The molecule has 0 spiro atoms. The van der Waals surface area contributed by atoms with Crippen LogP contribution < -0.4 is 5.56 Å². The second-order valence-corrected chi connectivity index (χ2v) is 8.37. The Morgan fingerprint density at radius 2 is 2.00 bits per heavy atom. The van der Waals surface area contributed by atoms with Gasteiger partial charge in [-0.15, -0.1) is 11.8 Å². The van der Waals surface area contributed by atoms with Crippen molar-refractivity contribution in [1.82, 2.24) is 9.78 Å². The van der Waals surface area contributed by atoms with Crippen molar-refractivity contribution in [3.8, 4) is 0 Å². The van der Waals surface area contributed by atoms with E-state index in [-0.39, 0.29) is 10.6 Å². The zero-order valence-electron chi connectivity index (χ0n) is 15.6. The lowest BCUT2D eigenvalue weighted by molar-refractivity contribution is 0.336. The molecule has 0 bridgehead atoms. The summed E-state index contributed by atoms with van der Waals surface area (Å²) >= 11 is 8.43. The molecule has 2 rings (SSSR count). The number of hydrogen-bond acceptors (Lipinski definition) is 5. The number of halogens is 1. The van der Waals surface area contributed by atoms with Gasteiger partial charge in [0.15, 0.2) is 0 Å². The number of thioether (sulfide) groups is 1. The summed E-state index contributed by atoms with van der Waals surface area (Å²) in [5.74, 6) is 0.721. The van der Waals surface area contributed by atoms with E-state index in [2.05, 4.69) is 29.4 Å². The molecule has 0 saturated heterocycles. The second-order valence-electron chi connectivity index (χ2n) is 6.74. The summed E-state index contributed by atoms with van der Waals surface area (Å²) in [6.45, 7) is 6.34. The number of nitrogens with zero attached hydrogens (tertiary/aromatic N) is 2. The zero-order chi connectivity index (χ0) is 19.2. The highest BCUT2D eigenvalue weighted by Gasteiger charge is 2.19. The van der Waals surface area contributed by atoms with Crippen LogP contribution in [-0.2, 0) is 21.9 Å². The Kier molecular flexibility index (Phi) is 6.87. The van der Waals surface area contributed by atoms with Crippen molar-refractivity contribution in [2.24, 2.45) is 0 Å². The lowest BCUT2D eigenvalue weighted by Crippen LogP contribution is -2.36. The number of hydrogen-bond donors (Lipinski definition) is 1. The fourth-order valence-electron chi connectivity index (χ4n) is 2.29. The maximum atomic E-state index is 12.4. The van der Waals surface area contributed by atoms with Crippen LogP contribution >= 0.6 is 36.2 Å². The summed E-state index contributed by atoms with van der Waals surface area (Å²) in [6.07, 6.45) is 3.48. The van der Waals surface area contributed by atoms with Crippen molar-refractivity contribution in [3.05, 3.63) is 57.0 Å². The van der Waals surface area contributed by atoms with Gasteiger partial charge in [0, 0.05) is 5.75 Å². The maximum absolute atomic E-state index is 12.4. The van der Waals surface area contributed by atoms with Crippen molar-refractivity contribution < 1.29 is 4.18 Å². The Bertz CT molecular complexity index is 776. The first-order valence-electron chi connectivity index (χ1n) is 8.47. The van der Waals surface area contributed by atoms with Gasteiger partial charge in [0.05, 0.1) is 23.2 Å². The van der Waals surface area contributed by atoms with E-state index in [1.54, 1.807) is 6.20 Å². The van der Waals surface area contributed by atoms with E-state index in [1.165, 1.54) is 22.0 Å². The molecule has 0 unspecified atom stereocenters. The summed E-state index contributed by atoms with van der Waals surface area (Å²) < 4.78 is 13.2. The van der Waals surface area contributed by atoms with Crippen LogP contribution in [0.25, 0.3) is 0 Å². The Balaban J connectivity index is 1.97. The number of rotatable bonds is 8. The monoisotopic (exact) mass is 400 g/mol. The fourth-order valence-corrected chi connectivity index (χ4v) is 3.56. The van der Waals surface area contributed by atoms with Gasteiger partial charge in [0.2, 0.25) is 0 Å². The third-order valence-electron chi connectivity index (χ3n) is 3.63. The van der Waals surface area contributed by atoms with Crippen LogP contribution in [0, 0.1) is 0 Å². The molecular formula is C18H23ClN2O2S2. The highest BCUT2D eigenvalue weighted by atomic mass is 35.5. The number of aryl methyl sites for hydroxylation is 1. The molecule has 0 aliphatic rings. The van der Waals surface area contributed by atoms with Crippen molar-refractivity contribution >= 4 is 36.2 Å². The first kappa shape index (κ1) is 18.8. The predicted octanol–water partition coefficient (Wildman–Crippen LogP) is 4.74. The molecule has 0 aliphatic heterocycles. The van der Waals surface area contributed by atoms with Crippen LogP contribution in [0.5, 0.6) is 0 Å². The van der Waals surface area contributed by atoms with Crippen LogP contribution in [0.4, 0.5) is 0 Å². The van der Waals surface area contributed by atoms with Gasteiger partial charge >= 0.3 is 0 Å². The van der Waals surface area contributed by atoms with Gasteiger partial charge in [-0.2, -0.15) is 5.10 Å². The van der Waals surface area contributed by atoms with Crippen LogP contribution in [0.3, 0.4) is 0 Å². The third kappa shape index (κ3) is 5.78. The summed E-state index contributed by atoms with van der Waals surface area (Å²) in [7, 11) is 0. The van der Waals surface area contributed by atoms with Crippen LogP contribution in [0.15, 0.2) is 40.2 Å². The first-order valence-corrected chi connectivity index (χ1v) is 9.76. The molecule has 0 atom stereocenters. The molecule has 0 amide bonds. The van der Waals surface area contributed by atoms with E-state index in [9.17, 15) is 4.79 Å². The number of benzene rings is 1. The largest absolute Gasteiger partial charge is 0.318 e. The van der Waals surface area contributed by atoms with E-state index in [1.807, 2.05) is 20.8 Å². The SMILES string of the molecule is [3H]SOCCCc1ccc(CSc2cnn(C(C)(C)C)c(=O)c2Cl)cc1. The molecule has 0 N–H and O–H groups in total. The molecule has 2 aromatic rings. The van der Waals surface area contributed by atoms with E-state index >= 15 is 0 Å². The number of aromatic nitrogens is 2. The highest BCUT2D eigenvalue weighted by molar-refractivity contribution is 7.98. The van der Waals surface area contributed by atoms with Crippen molar-refractivity contribution in [1.29, 1.82) is 1.12 Å². The van der Waals surface area contributed by atoms with Gasteiger partial charge in [0.1, 0.15) is 6.15 Å². The predicted molar refractivity (Wildman–Crippen MR) is 108 cm³/mol.